The summed E-state index contributed by atoms with van der Waals surface area (Å²) in [5.41, 5.74) is 4.19. The third-order valence-electron chi connectivity index (χ3n) is 4.08. The number of hydrogen-bond donors (Lipinski definition) is 1. The van der Waals surface area contributed by atoms with Crippen LogP contribution in [0.15, 0.2) is 48.5 Å². The van der Waals surface area contributed by atoms with Crippen LogP contribution in [0.3, 0.4) is 0 Å². The first-order valence-corrected chi connectivity index (χ1v) is 6.84. The van der Waals surface area contributed by atoms with Crippen LogP contribution >= 0.6 is 0 Å². The zero-order valence-corrected chi connectivity index (χ0v) is 11.2. The van der Waals surface area contributed by atoms with Gasteiger partial charge in [0, 0.05) is 19.1 Å². The molecule has 19 heavy (non-hydrogen) atoms. The third kappa shape index (κ3) is 2.49. The Morgan fingerprint density at radius 1 is 1.00 bits per heavy atom. The molecule has 0 saturated carbocycles. The van der Waals surface area contributed by atoms with Crippen molar-refractivity contribution in [3.05, 3.63) is 65.2 Å². The highest BCUT2D eigenvalue weighted by Gasteiger charge is 2.21. The van der Waals surface area contributed by atoms with Gasteiger partial charge in [-0.15, -0.1) is 0 Å². The summed E-state index contributed by atoms with van der Waals surface area (Å²) in [5, 5.41) is 9.37. The summed E-state index contributed by atoms with van der Waals surface area (Å²) in [5.74, 6) is 0.333. The van der Waals surface area contributed by atoms with Gasteiger partial charge in [0.25, 0.3) is 0 Å². The first-order valence-electron chi connectivity index (χ1n) is 6.84. The average Bonchev–Trinajstić information content (AvgIpc) is 2.47. The molecule has 1 aliphatic rings. The Bertz CT molecular complexity index is 562. The zero-order valence-electron chi connectivity index (χ0n) is 11.2. The minimum atomic E-state index is 0.333. The summed E-state index contributed by atoms with van der Waals surface area (Å²) in [7, 11) is 0. The Morgan fingerprint density at radius 2 is 1.68 bits per heavy atom. The molecule has 0 bridgehead atoms. The Hall–Kier alpha value is -1.80. The lowest BCUT2D eigenvalue weighted by atomic mass is 9.97. The van der Waals surface area contributed by atoms with Crippen LogP contribution in [-0.4, -0.2) is 16.6 Å². The van der Waals surface area contributed by atoms with Gasteiger partial charge in [-0.3, -0.25) is 4.90 Å². The standard InChI is InChI=1S/C17H19NO/c1-13(14-6-8-17(19)9-7-14)18-11-10-15-4-2-3-5-16(15)12-18/h2-9,13,19H,10-12H2,1H3. The van der Waals surface area contributed by atoms with Gasteiger partial charge in [-0.25, -0.2) is 0 Å². The number of rotatable bonds is 2. The number of aromatic hydroxyl groups is 1. The van der Waals surface area contributed by atoms with E-state index in [-0.39, 0.29) is 0 Å². The lowest BCUT2D eigenvalue weighted by Gasteiger charge is -2.34. The van der Waals surface area contributed by atoms with Crippen molar-refractivity contribution in [2.24, 2.45) is 0 Å². The van der Waals surface area contributed by atoms with Gasteiger partial charge >= 0.3 is 0 Å². The number of phenols is 1. The van der Waals surface area contributed by atoms with E-state index in [1.54, 1.807) is 12.1 Å². The van der Waals surface area contributed by atoms with Gasteiger partial charge in [0.2, 0.25) is 0 Å². The van der Waals surface area contributed by atoms with E-state index in [9.17, 15) is 5.11 Å². The van der Waals surface area contributed by atoms with Gasteiger partial charge in [-0.1, -0.05) is 36.4 Å². The first-order chi connectivity index (χ1) is 9.24. The van der Waals surface area contributed by atoms with Crippen LogP contribution in [0.2, 0.25) is 0 Å². The topological polar surface area (TPSA) is 23.5 Å². The van der Waals surface area contributed by atoms with Gasteiger partial charge in [0.15, 0.2) is 0 Å². The van der Waals surface area contributed by atoms with E-state index in [1.165, 1.54) is 16.7 Å². The van der Waals surface area contributed by atoms with Crippen LogP contribution < -0.4 is 0 Å². The molecule has 98 valence electrons. The van der Waals surface area contributed by atoms with E-state index in [4.69, 9.17) is 0 Å². The molecule has 0 radical (unpaired) electrons. The Labute approximate surface area is 114 Å². The summed E-state index contributed by atoms with van der Waals surface area (Å²) in [4.78, 5) is 2.49. The van der Waals surface area contributed by atoms with E-state index < -0.39 is 0 Å². The van der Waals surface area contributed by atoms with Crippen molar-refractivity contribution in [1.29, 1.82) is 0 Å². The molecule has 0 aliphatic carbocycles. The van der Waals surface area contributed by atoms with Crippen LogP contribution in [-0.2, 0) is 13.0 Å². The van der Waals surface area contributed by atoms with E-state index in [0.717, 1.165) is 19.5 Å². The van der Waals surface area contributed by atoms with Crippen LogP contribution in [0.4, 0.5) is 0 Å². The highest BCUT2D eigenvalue weighted by atomic mass is 16.3. The molecule has 1 atom stereocenters. The Morgan fingerprint density at radius 3 is 2.42 bits per heavy atom. The fraction of sp³-hybridized carbons (Fsp3) is 0.294. The summed E-state index contributed by atoms with van der Waals surface area (Å²) in [6.45, 7) is 4.34. The van der Waals surface area contributed by atoms with Crippen LogP contribution in [0.5, 0.6) is 5.75 Å². The fourth-order valence-electron chi connectivity index (χ4n) is 2.81. The Kier molecular flexibility index (Phi) is 3.26. The second-order valence-corrected chi connectivity index (χ2v) is 5.26. The normalized spacial score (nSPS) is 16.9. The monoisotopic (exact) mass is 253 g/mol. The molecule has 0 aromatic heterocycles. The van der Waals surface area contributed by atoms with Crippen LogP contribution in [0.25, 0.3) is 0 Å². The fourth-order valence-corrected chi connectivity index (χ4v) is 2.81. The van der Waals surface area contributed by atoms with E-state index >= 15 is 0 Å². The number of phenolic OH excluding ortho intramolecular Hbond substituents is 1. The molecule has 0 saturated heterocycles. The van der Waals surface area contributed by atoms with Crippen molar-refractivity contribution in [2.75, 3.05) is 6.54 Å². The minimum Gasteiger partial charge on any atom is -0.508 e. The maximum atomic E-state index is 9.37. The number of benzene rings is 2. The van der Waals surface area contributed by atoms with E-state index in [0.29, 0.717) is 11.8 Å². The summed E-state index contributed by atoms with van der Waals surface area (Å²) < 4.78 is 0. The highest BCUT2D eigenvalue weighted by molar-refractivity contribution is 5.31. The van der Waals surface area contributed by atoms with Crippen molar-refractivity contribution in [1.82, 2.24) is 4.90 Å². The van der Waals surface area contributed by atoms with Crippen molar-refractivity contribution in [3.8, 4) is 5.75 Å². The van der Waals surface area contributed by atoms with Crippen molar-refractivity contribution in [2.45, 2.75) is 25.9 Å². The van der Waals surface area contributed by atoms with Crippen molar-refractivity contribution >= 4 is 0 Å². The SMILES string of the molecule is CC(c1ccc(O)cc1)N1CCc2ccccc2C1. The zero-order chi connectivity index (χ0) is 13.2. The van der Waals surface area contributed by atoms with Crippen molar-refractivity contribution in [3.63, 3.8) is 0 Å². The molecule has 1 heterocycles. The van der Waals surface area contributed by atoms with Crippen molar-refractivity contribution < 1.29 is 5.11 Å². The molecule has 0 spiro atoms. The van der Waals surface area contributed by atoms with Gasteiger partial charge in [-0.05, 0) is 42.2 Å². The predicted molar refractivity (Wildman–Crippen MR) is 77.1 cm³/mol. The summed E-state index contributed by atoms with van der Waals surface area (Å²) in [6, 6.07) is 16.7. The van der Waals surface area contributed by atoms with E-state index in [2.05, 4.69) is 36.1 Å². The van der Waals surface area contributed by atoms with Crippen LogP contribution in [0, 0.1) is 0 Å². The van der Waals surface area contributed by atoms with Gasteiger partial charge < -0.3 is 5.11 Å². The lowest BCUT2D eigenvalue weighted by Crippen LogP contribution is -2.32. The average molecular weight is 253 g/mol. The summed E-state index contributed by atoms with van der Waals surface area (Å²) in [6.07, 6.45) is 1.12. The van der Waals surface area contributed by atoms with Gasteiger partial charge in [0.1, 0.15) is 5.75 Å². The minimum absolute atomic E-state index is 0.333. The molecule has 2 heteroatoms. The second kappa shape index (κ2) is 5.06. The molecule has 0 amide bonds. The quantitative estimate of drug-likeness (QED) is 0.885. The van der Waals surface area contributed by atoms with Crippen LogP contribution in [0.1, 0.15) is 29.7 Å². The molecule has 2 aromatic carbocycles. The molecule has 1 N–H and O–H groups in total. The molecule has 2 aromatic rings. The van der Waals surface area contributed by atoms with E-state index in [1.807, 2.05) is 12.1 Å². The molecule has 1 unspecified atom stereocenters. The lowest BCUT2D eigenvalue weighted by molar-refractivity contribution is 0.192. The first kappa shape index (κ1) is 12.2. The molecular formula is C17H19NO. The highest BCUT2D eigenvalue weighted by Crippen LogP contribution is 2.28. The molecular weight excluding hydrogens is 234 g/mol. The number of fused-ring (bicyclic) bond motifs is 1. The summed E-state index contributed by atoms with van der Waals surface area (Å²) >= 11 is 0. The maximum absolute atomic E-state index is 9.37. The molecule has 1 aliphatic heterocycles. The Balaban J connectivity index is 1.79. The number of hydrogen-bond acceptors (Lipinski definition) is 2. The third-order valence-corrected chi connectivity index (χ3v) is 4.08. The molecule has 2 nitrogen and oxygen atoms in total. The molecule has 3 rings (SSSR count). The largest absolute Gasteiger partial charge is 0.508 e. The number of nitrogens with zero attached hydrogens (tertiary/aromatic N) is 1. The predicted octanol–water partition coefficient (Wildman–Crippen LogP) is 3.51. The van der Waals surface area contributed by atoms with Gasteiger partial charge in [0.05, 0.1) is 0 Å². The second-order valence-electron chi connectivity index (χ2n) is 5.26. The van der Waals surface area contributed by atoms with Gasteiger partial charge in [-0.2, -0.15) is 0 Å². The molecule has 0 fully saturated rings. The maximum Gasteiger partial charge on any atom is 0.115 e. The smallest absolute Gasteiger partial charge is 0.115 e.